The summed E-state index contributed by atoms with van der Waals surface area (Å²) in [7, 11) is -4.60. The Labute approximate surface area is 293 Å². The minimum absolute atomic E-state index is 0.117. The summed E-state index contributed by atoms with van der Waals surface area (Å²) in [6, 6.07) is 0. The molecule has 1 aliphatic rings. The number of ether oxygens (including phenoxy) is 4. The van der Waals surface area contributed by atoms with Crippen molar-refractivity contribution in [1.29, 1.82) is 0 Å². The molecule has 1 saturated heterocycles. The first-order valence-corrected chi connectivity index (χ1v) is 19.4. The highest BCUT2D eigenvalue weighted by Crippen LogP contribution is 2.23. The Morgan fingerprint density at radius 3 is 1.92 bits per heavy atom. The molecule has 0 aliphatic carbocycles. The van der Waals surface area contributed by atoms with Crippen LogP contribution in [0.25, 0.3) is 0 Å². The van der Waals surface area contributed by atoms with Crippen LogP contribution >= 0.6 is 0 Å². The van der Waals surface area contributed by atoms with Crippen LogP contribution in [0.3, 0.4) is 0 Å². The van der Waals surface area contributed by atoms with Crippen LogP contribution in [-0.2, 0) is 38.7 Å². The molecular weight excluding hydrogens is 656 g/mol. The smallest absolute Gasteiger partial charge is 0.306 e. The van der Waals surface area contributed by atoms with Crippen molar-refractivity contribution in [3.8, 4) is 0 Å². The van der Waals surface area contributed by atoms with Gasteiger partial charge in [-0.05, 0) is 32.1 Å². The number of carbonyl (C=O) groups is 2. The number of aliphatic hydroxyl groups excluding tert-OH is 3. The van der Waals surface area contributed by atoms with Crippen LogP contribution in [0, 0.1) is 0 Å². The van der Waals surface area contributed by atoms with Crippen molar-refractivity contribution in [3.05, 3.63) is 48.6 Å². The van der Waals surface area contributed by atoms with E-state index in [9.17, 15) is 37.9 Å². The molecule has 1 fully saturated rings. The number of hydrogen-bond acceptors (Lipinski definition) is 11. The lowest BCUT2D eigenvalue weighted by Gasteiger charge is -2.40. The summed E-state index contributed by atoms with van der Waals surface area (Å²) in [6.07, 6.45) is 19.1. The van der Waals surface area contributed by atoms with Crippen molar-refractivity contribution in [1.82, 2.24) is 0 Å². The summed E-state index contributed by atoms with van der Waals surface area (Å²) in [5.74, 6) is -2.05. The summed E-state index contributed by atoms with van der Waals surface area (Å²) in [4.78, 5) is 25.1. The summed E-state index contributed by atoms with van der Waals surface area (Å²) in [5.41, 5.74) is 0. The van der Waals surface area contributed by atoms with Gasteiger partial charge >= 0.3 is 11.9 Å². The summed E-state index contributed by atoms with van der Waals surface area (Å²) < 4.78 is 53.6. The fourth-order valence-corrected chi connectivity index (χ4v) is 5.67. The van der Waals surface area contributed by atoms with Gasteiger partial charge in [-0.25, -0.2) is 0 Å². The van der Waals surface area contributed by atoms with Crippen molar-refractivity contribution < 1.29 is 56.8 Å². The van der Waals surface area contributed by atoms with Crippen molar-refractivity contribution in [3.63, 3.8) is 0 Å². The summed E-state index contributed by atoms with van der Waals surface area (Å²) in [6.45, 7) is 3.49. The molecule has 1 aliphatic heterocycles. The number of carbonyl (C=O) groups excluding carboxylic acids is 2. The molecule has 1 heterocycles. The number of hydrogen-bond donors (Lipinski definition) is 4. The standard InChI is InChI=1S/C36H60O12S/c1-3-5-7-9-11-13-14-15-16-17-19-21-23-25-32(38)47-29(26-45-31(37)24-22-20-18-12-10-8-6-4-2)27-46-36-35(41)34(40)33(39)30(48-36)28-49(42,43)44/h5,7,9,11,13-16,29-30,33-36,39-41H,3-4,6,8,10,12,17-28H2,1-2H3,(H,42,43,44)/b7-5+,11-9+,14-13+,16-15+/t29?,30-,33-,34?,35?,36+/m1/s1. The topological polar surface area (TPSA) is 186 Å². The average Bonchev–Trinajstić information content (AvgIpc) is 3.05. The van der Waals surface area contributed by atoms with Crippen LogP contribution in [0.1, 0.15) is 110 Å². The van der Waals surface area contributed by atoms with Crippen molar-refractivity contribution in [2.45, 2.75) is 147 Å². The molecule has 4 N–H and O–H groups in total. The lowest BCUT2D eigenvalue weighted by molar-refractivity contribution is -0.297. The molecule has 3 unspecified atom stereocenters. The zero-order valence-electron chi connectivity index (χ0n) is 29.3. The van der Waals surface area contributed by atoms with Gasteiger partial charge in [0.05, 0.1) is 6.61 Å². The molecule has 13 heteroatoms. The van der Waals surface area contributed by atoms with Gasteiger partial charge < -0.3 is 34.3 Å². The maximum Gasteiger partial charge on any atom is 0.306 e. The van der Waals surface area contributed by atoms with E-state index in [2.05, 4.69) is 26.0 Å². The fraction of sp³-hybridized carbons (Fsp3) is 0.722. The normalized spacial score (nSPS) is 22.4. The average molecular weight is 717 g/mol. The minimum Gasteiger partial charge on any atom is -0.462 e. The van der Waals surface area contributed by atoms with Crippen LogP contribution in [0.5, 0.6) is 0 Å². The monoisotopic (exact) mass is 716 g/mol. The van der Waals surface area contributed by atoms with E-state index in [-0.39, 0.29) is 19.4 Å². The summed E-state index contributed by atoms with van der Waals surface area (Å²) >= 11 is 0. The van der Waals surface area contributed by atoms with Gasteiger partial charge in [-0.15, -0.1) is 0 Å². The molecule has 6 atom stereocenters. The first-order chi connectivity index (χ1) is 23.5. The molecule has 0 aromatic rings. The Bertz CT molecular complexity index is 1120. The number of rotatable bonds is 27. The highest BCUT2D eigenvalue weighted by Gasteiger charge is 2.46. The van der Waals surface area contributed by atoms with Gasteiger partial charge in [-0.2, -0.15) is 8.42 Å². The van der Waals surface area contributed by atoms with E-state index in [0.717, 1.165) is 44.9 Å². The first kappa shape index (κ1) is 44.6. The van der Waals surface area contributed by atoms with Crippen molar-refractivity contribution in [2.24, 2.45) is 0 Å². The van der Waals surface area contributed by atoms with Crippen LogP contribution < -0.4 is 0 Å². The SMILES string of the molecule is CC/C=C/C=C/C=C/C=C/CCCCCC(=O)OC(COC(=O)CCCCCCCCCC)CO[C@H]1O[C@H](CS(=O)(=O)O)[C@@H](O)C(O)C1O. The van der Waals surface area contributed by atoms with Gasteiger partial charge in [0.25, 0.3) is 10.1 Å². The van der Waals surface area contributed by atoms with E-state index in [1.54, 1.807) is 0 Å². The van der Waals surface area contributed by atoms with Gasteiger partial charge in [0.1, 0.15) is 36.8 Å². The van der Waals surface area contributed by atoms with Crippen LogP contribution in [0.4, 0.5) is 0 Å². The molecule has 1 rings (SSSR count). The van der Waals surface area contributed by atoms with E-state index in [1.165, 1.54) is 25.7 Å². The Balaban J connectivity index is 2.61. The molecule has 12 nitrogen and oxygen atoms in total. The van der Waals surface area contributed by atoms with Crippen LogP contribution in [-0.4, -0.2) is 96.0 Å². The molecule has 0 amide bonds. The predicted molar refractivity (Wildman–Crippen MR) is 187 cm³/mol. The van der Waals surface area contributed by atoms with Crippen molar-refractivity contribution >= 4 is 22.1 Å². The molecular formula is C36H60O12S. The molecule has 49 heavy (non-hydrogen) atoms. The van der Waals surface area contributed by atoms with Gasteiger partial charge in [0, 0.05) is 12.8 Å². The van der Waals surface area contributed by atoms with E-state index < -0.39 is 71.2 Å². The van der Waals surface area contributed by atoms with Gasteiger partial charge in [-0.1, -0.05) is 114 Å². The third-order valence-corrected chi connectivity index (χ3v) is 8.52. The zero-order valence-corrected chi connectivity index (χ0v) is 30.1. The number of allylic oxidation sites excluding steroid dienone is 8. The minimum atomic E-state index is -4.60. The molecule has 0 aromatic carbocycles. The van der Waals surface area contributed by atoms with Crippen LogP contribution in [0.2, 0.25) is 0 Å². The maximum absolute atomic E-state index is 12.7. The molecule has 0 spiro atoms. The number of unbranched alkanes of at least 4 members (excludes halogenated alkanes) is 10. The fourth-order valence-electron chi connectivity index (χ4n) is 4.98. The second-order valence-corrected chi connectivity index (χ2v) is 13.7. The molecule has 0 bridgehead atoms. The van der Waals surface area contributed by atoms with E-state index >= 15 is 0 Å². The second-order valence-electron chi connectivity index (χ2n) is 12.3. The van der Waals surface area contributed by atoms with Gasteiger partial charge in [-0.3, -0.25) is 14.1 Å². The Morgan fingerprint density at radius 1 is 0.714 bits per heavy atom. The quantitative estimate of drug-likeness (QED) is 0.0374. The molecule has 0 aromatic heterocycles. The maximum atomic E-state index is 12.7. The highest BCUT2D eigenvalue weighted by atomic mass is 32.2. The number of esters is 2. The largest absolute Gasteiger partial charge is 0.462 e. The van der Waals surface area contributed by atoms with E-state index in [0.29, 0.717) is 12.8 Å². The van der Waals surface area contributed by atoms with E-state index in [1.807, 2.05) is 36.5 Å². The van der Waals surface area contributed by atoms with E-state index in [4.69, 9.17) is 18.9 Å². The lowest BCUT2D eigenvalue weighted by Crippen LogP contribution is -2.60. The first-order valence-electron chi connectivity index (χ1n) is 17.7. The van der Waals surface area contributed by atoms with Crippen LogP contribution in [0.15, 0.2) is 48.6 Å². The Morgan fingerprint density at radius 2 is 1.29 bits per heavy atom. The predicted octanol–water partition coefficient (Wildman–Crippen LogP) is 5.27. The summed E-state index contributed by atoms with van der Waals surface area (Å²) in [5, 5.41) is 30.6. The second kappa shape index (κ2) is 27.3. The van der Waals surface area contributed by atoms with Gasteiger partial charge in [0.2, 0.25) is 0 Å². The van der Waals surface area contributed by atoms with Crippen molar-refractivity contribution in [2.75, 3.05) is 19.0 Å². The van der Waals surface area contributed by atoms with Gasteiger partial charge in [0.15, 0.2) is 12.4 Å². The highest BCUT2D eigenvalue weighted by molar-refractivity contribution is 7.85. The molecule has 0 radical (unpaired) electrons. The molecule has 0 saturated carbocycles. The molecule has 282 valence electrons. The third-order valence-electron chi connectivity index (χ3n) is 7.77. The Kier molecular flexibility index (Phi) is 24.9. The lowest BCUT2D eigenvalue weighted by atomic mass is 10.00. The third kappa shape index (κ3) is 22.9. The zero-order chi connectivity index (χ0) is 36.3. The Hall–Kier alpha value is -2.39. The number of aliphatic hydroxyl groups is 3.